The minimum absolute atomic E-state index is 0.125. The van der Waals surface area contributed by atoms with Gasteiger partial charge in [-0.15, -0.1) is 0 Å². The largest absolute Gasteiger partial charge is 0.396 e. The molecule has 1 aliphatic rings. The van der Waals surface area contributed by atoms with Gasteiger partial charge in [0.15, 0.2) is 0 Å². The predicted octanol–water partition coefficient (Wildman–Crippen LogP) is 2.99. The fourth-order valence-electron chi connectivity index (χ4n) is 3.08. The van der Waals surface area contributed by atoms with Crippen molar-refractivity contribution in [2.45, 2.75) is 19.9 Å². The van der Waals surface area contributed by atoms with Crippen molar-refractivity contribution in [3.63, 3.8) is 0 Å². The van der Waals surface area contributed by atoms with E-state index in [2.05, 4.69) is 61.6 Å². The molecule has 3 heteroatoms. The first-order valence-corrected chi connectivity index (χ1v) is 8.18. The summed E-state index contributed by atoms with van der Waals surface area (Å²) in [6, 6.07) is 17.2. The second-order valence-electron chi connectivity index (χ2n) is 6.74. The average molecular weight is 311 g/mol. The van der Waals surface area contributed by atoms with Crippen molar-refractivity contribution >= 4 is 0 Å². The first kappa shape index (κ1) is 16.2. The topological polar surface area (TPSA) is 41.5 Å². The van der Waals surface area contributed by atoms with Crippen molar-refractivity contribution in [1.29, 1.82) is 0 Å². The third kappa shape index (κ3) is 3.47. The highest BCUT2D eigenvalue weighted by molar-refractivity contribution is 5.39. The number of hydrogen-bond acceptors (Lipinski definition) is 3. The van der Waals surface area contributed by atoms with Crippen LogP contribution >= 0.6 is 0 Å². The first-order chi connectivity index (χ1) is 11.1. The van der Waals surface area contributed by atoms with Gasteiger partial charge in [-0.2, -0.15) is 0 Å². The summed E-state index contributed by atoms with van der Waals surface area (Å²) in [6.45, 7) is 6.45. The molecule has 0 bridgehead atoms. The van der Waals surface area contributed by atoms with Gasteiger partial charge in [0.2, 0.25) is 0 Å². The zero-order valence-electron chi connectivity index (χ0n) is 13.9. The molecule has 3 nitrogen and oxygen atoms in total. The molecule has 2 aromatic carbocycles. The smallest absolute Gasteiger partial charge is 0.0579 e. The predicted molar refractivity (Wildman–Crippen MR) is 92.5 cm³/mol. The molecule has 0 aromatic heterocycles. The zero-order chi connectivity index (χ0) is 16.3. The third-order valence-corrected chi connectivity index (χ3v) is 4.71. The fraction of sp³-hybridized carbons (Fsp3) is 0.400. The standard InChI is InChI=1S/C20H25NO2/c1-15-8-9-16(2)18(10-15)19(17-6-4-3-5-7-17)21-11-20(12-22)13-23-14-20/h3-10,19,21-22H,11-14H2,1-2H3. The van der Waals surface area contributed by atoms with Crippen LogP contribution in [0.5, 0.6) is 0 Å². The molecule has 0 amide bonds. The Labute approximate surface area is 138 Å². The molecule has 0 saturated carbocycles. The number of aliphatic hydroxyl groups is 1. The number of ether oxygens (including phenoxy) is 1. The normalized spacial score (nSPS) is 17.5. The second-order valence-corrected chi connectivity index (χ2v) is 6.74. The van der Waals surface area contributed by atoms with E-state index in [1.807, 2.05) is 6.07 Å². The molecule has 1 unspecified atom stereocenters. The minimum atomic E-state index is -0.134. The first-order valence-electron chi connectivity index (χ1n) is 8.18. The lowest BCUT2D eigenvalue weighted by atomic mass is 9.85. The Morgan fingerprint density at radius 3 is 2.48 bits per heavy atom. The van der Waals surface area contributed by atoms with Crippen LogP contribution in [0.2, 0.25) is 0 Å². The van der Waals surface area contributed by atoms with E-state index in [0.29, 0.717) is 13.2 Å². The summed E-state index contributed by atoms with van der Waals surface area (Å²) >= 11 is 0. The van der Waals surface area contributed by atoms with Crippen LogP contribution < -0.4 is 5.32 Å². The van der Waals surface area contributed by atoms with Crippen molar-refractivity contribution in [3.8, 4) is 0 Å². The fourth-order valence-corrected chi connectivity index (χ4v) is 3.08. The molecule has 1 saturated heterocycles. The van der Waals surface area contributed by atoms with Gasteiger partial charge >= 0.3 is 0 Å². The Kier molecular flexibility index (Phi) is 4.81. The number of aliphatic hydroxyl groups excluding tert-OH is 1. The highest BCUT2D eigenvalue weighted by atomic mass is 16.5. The Morgan fingerprint density at radius 1 is 1.13 bits per heavy atom. The van der Waals surface area contributed by atoms with E-state index >= 15 is 0 Å². The van der Waals surface area contributed by atoms with Crippen molar-refractivity contribution < 1.29 is 9.84 Å². The molecule has 0 spiro atoms. The van der Waals surface area contributed by atoms with Gasteiger partial charge in [-0.3, -0.25) is 0 Å². The van der Waals surface area contributed by atoms with Gasteiger partial charge < -0.3 is 15.2 Å². The molecule has 1 fully saturated rings. The van der Waals surface area contributed by atoms with E-state index in [1.54, 1.807) is 0 Å². The Bertz CT molecular complexity index is 644. The van der Waals surface area contributed by atoms with Crippen LogP contribution in [0.1, 0.15) is 28.3 Å². The van der Waals surface area contributed by atoms with E-state index in [0.717, 1.165) is 6.54 Å². The van der Waals surface area contributed by atoms with Crippen molar-refractivity contribution in [2.75, 3.05) is 26.4 Å². The number of aryl methyl sites for hydroxylation is 2. The molecule has 2 aromatic rings. The molecule has 122 valence electrons. The lowest BCUT2D eigenvalue weighted by Crippen LogP contribution is -2.52. The van der Waals surface area contributed by atoms with Gasteiger partial charge in [0.1, 0.15) is 0 Å². The SMILES string of the molecule is Cc1ccc(C)c(C(NCC2(CO)COC2)c2ccccc2)c1. The molecule has 1 heterocycles. The maximum absolute atomic E-state index is 9.67. The van der Waals surface area contributed by atoms with E-state index in [9.17, 15) is 5.11 Å². The third-order valence-electron chi connectivity index (χ3n) is 4.71. The maximum atomic E-state index is 9.67. The summed E-state index contributed by atoms with van der Waals surface area (Å²) in [6.07, 6.45) is 0. The molecule has 0 radical (unpaired) electrons. The van der Waals surface area contributed by atoms with E-state index in [1.165, 1.54) is 22.3 Å². The summed E-state index contributed by atoms with van der Waals surface area (Å²) in [4.78, 5) is 0. The average Bonchev–Trinajstić information content (AvgIpc) is 2.54. The van der Waals surface area contributed by atoms with Gasteiger partial charge in [0.25, 0.3) is 0 Å². The van der Waals surface area contributed by atoms with Gasteiger partial charge in [0, 0.05) is 6.54 Å². The summed E-state index contributed by atoms with van der Waals surface area (Å²) in [5.74, 6) is 0. The van der Waals surface area contributed by atoms with Crippen molar-refractivity contribution in [1.82, 2.24) is 5.32 Å². The zero-order valence-corrected chi connectivity index (χ0v) is 13.9. The van der Waals surface area contributed by atoms with Crippen LogP contribution in [0.25, 0.3) is 0 Å². The summed E-state index contributed by atoms with van der Waals surface area (Å²) < 4.78 is 5.32. The van der Waals surface area contributed by atoms with Crippen LogP contribution in [-0.2, 0) is 4.74 Å². The molecule has 1 atom stereocenters. The van der Waals surface area contributed by atoms with Crippen LogP contribution in [0.3, 0.4) is 0 Å². The van der Waals surface area contributed by atoms with Gasteiger partial charge in [-0.05, 0) is 30.5 Å². The minimum Gasteiger partial charge on any atom is -0.396 e. The Balaban J connectivity index is 1.89. The second kappa shape index (κ2) is 6.83. The monoisotopic (exact) mass is 311 g/mol. The van der Waals surface area contributed by atoms with Crippen LogP contribution in [-0.4, -0.2) is 31.5 Å². The molecule has 1 aliphatic heterocycles. The highest BCUT2D eigenvalue weighted by Gasteiger charge is 2.38. The van der Waals surface area contributed by atoms with Crippen molar-refractivity contribution in [3.05, 3.63) is 70.8 Å². The summed E-state index contributed by atoms with van der Waals surface area (Å²) in [7, 11) is 0. The lowest BCUT2D eigenvalue weighted by molar-refractivity contribution is -0.134. The summed E-state index contributed by atoms with van der Waals surface area (Å²) in [5.41, 5.74) is 4.95. The van der Waals surface area contributed by atoms with Crippen LogP contribution in [0.4, 0.5) is 0 Å². The lowest BCUT2D eigenvalue weighted by Gasteiger charge is -2.41. The van der Waals surface area contributed by atoms with Gasteiger partial charge in [-0.1, -0.05) is 54.1 Å². The maximum Gasteiger partial charge on any atom is 0.0579 e. The number of hydrogen-bond donors (Lipinski definition) is 2. The van der Waals surface area contributed by atoms with Crippen molar-refractivity contribution in [2.24, 2.45) is 5.41 Å². The number of benzene rings is 2. The van der Waals surface area contributed by atoms with E-state index in [4.69, 9.17) is 4.74 Å². The summed E-state index contributed by atoms with van der Waals surface area (Å²) in [5, 5.41) is 13.3. The van der Waals surface area contributed by atoms with E-state index < -0.39 is 0 Å². The quantitative estimate of drug-likeness (QED) is 0.862. The molecule has 2 N–H and O–H groups in total. The molecule has 3 rings (SSSR count). The molecule has 0 aliphatic carbocycles. The number of nitrogens with one attached hydrogen (secondary N) is 1. The van der Waals surface area contributed by atoms with Crippen LogP contribution in [0.15, 0.2) is 48.5 Å². The molecular formula is C20H25NO2. The Hall–Kier alpha value is -1.68. The Morgan fingerprint density at radius 2 is 1.87 bits per heavy atom. The van der Waals surface area contributed by atoms with E-state index in [-0.39, 0.29) is 18.1 Å². The van der Waals surface area contributed by atoms with Crippen LogP contribution in [0, 0.1) is 19.3 Å². The van der Waals surface area contributed by atoms with Gasteiger partial charge in [-0.25, -0.2) is 0 Å². The number of rotatable bonds is 6. The van der Waals surface area contributed by atoms with Gasteiger partial charge in [0.05, 0.1) is 31.3 Å². The highest BCUT2D eigenvalue weighted by Crippen LogP contribution is 2.30. The molecular weight excluding hydrogens is 286 g/mol. The molecule has 23 heavy (non-hydrogen) atoms.